The molecule has 0 aliphatic carbocycles. The third-order valence-electron chi connectivity index (χ3n) is 5.44. The predicted octanol–water partition coefficient (Wildman–Crippen LogP) is 6.74. The smallest absolute Gasteiger partial charge is 0.417 e. The third kappa shape index (κ3) is 4.90. The van der Waals surface area contributed by atoms with Gasteiger partial charge in [-0.1, -0.05) is 18.2 Å². The fourth-order valence-electron chi connectivity index (χ4n) is 3.76. The highest BCUT2D eigenvalue weighted by Crippen LogP contribution is 2.39. The lowest BCUT2D eigenvalue weighted by Crippen LogP contribution is -2.15. The highest BCUT2D eigenvalue weighted by atomic mass is 19.4. The van der Waals surface area contributed by atoms with Crippen molar-refractivity contribution in [3.8, 4) is 34.0 Å². The molecule has 4 aromatic rings. The zero-order valence-corrected chi connectivity index (χ0v) is 19.0. The number of alkyl halides is 3. The van der Waals surface area contributed by atoms with Crippen molar-refractivity contribution >= 4 is 0 Å². The van der Waals surface area contributed by atoms with Gasteiger partial charge in [0.25, 0.3) is 0 Å². The van der Waals surface area contributed by atoms with Gasteiger partial charge in [-0.2, -0.15) is 13.2 Å². The van der Waals surface area contributed by atoms with Crippen LogP contribution in [0.1, 0.15) is 25.1 Å². The molecule has 0 saturated carbocycles. The molecular formula is C26H21F5N2O2. The molecule has 0 atom stereocenters. The van der Waals surface area contributed by atoms with Crippen molar-refractivity contribution in [1.82, 2.24) is 9.55 Å². The maximum absolute atomic E-state index is 13.8. The van der Waals surface area contributed by atoms with Crippen LogP contribution in [0.25, 0.3) is 28.2 Å². The zero-order valence-electron chi connectivity index (χ0n) is 19.0. The summed E-state index contributed by atoms with van der Waals surface area (Å²) in [5, 5.41) is 10.5. The molecular weight excluding hydrogens is 467 g/mol. The summed E-state index contributed by atoms with van der Waals surface area (Å²) >= 11 is 0. The van der Waals surface area contributed by atoms with E-state index in [0.29, 0.717) is 11.3 Å². The molecule has 0 unspecified atom stereocenters. The first-order chi connectivity index (χ1) is 16.4. The van der Waals surface area contributed by atoms with Crippen molar-refractivity contribution in [1.29, 1.82) is 0 Å². The first-order valence-electron chi connectivity index (χ1n) is 10.5. The van der Waals surface area contributed by atoms with Gasteiger partial charge in [0.05, 0.1) is 24.1 Å². The quantitative estimate of drug-likeness (QED) is 0.317. The van der Waals surface area contributed by atoms with E-state index >= 15 is 0 Å². The zero-order chi connectivity index (χ0) is 25.5. The molecule has 1 aromatic heterocycles. The first-order valence-corrected chi connectivity index (χ1v) is 10.5. The van der Waals surface area contributed by atoms with E-state index in [-0.39, 0.29) is 28.4 Å². The van der Waals surface area contributed by atoms with Gasteiger partial charge in [0.1, 0.15) is 28.8 Å². The van der Waals surface area contributed by atoms with E-state index in [4.69, 9.17) is 4.74 Å². The minimum atomic E-state index is -4.63. The normalized spacial score (nSPS) is 12.1. The Bertz CT molecular complexity index is 1370. The first kappa shape index (κ1) is 24.4. The summed E-state index contributed by atoms with van der Waals surface area (Å²) in [6, 6.07) is 12.7. The molecule has 4 rings (SSSR count). The lowest BCUT2D eigenvalue weighted by atomic mass is 10.0. The van der Waals surface area contributed by atoms with Gasteiger partial charge in [0.2, 0.25) is 0 Å². The Morgan fingerprint density at radius 1 is 0.886 bits per heavy atom. The van der Waals surface area contributed by atoms with Crippen LogP contribution in [0.4, 0.5) is 22.0 Å². The number of imidazole rings is 1. The Balaban J connectivity index is 1.93. The fraction of sp³-hybridized carbons (Fsp3) is 0.192. The van der Waals surface area contributed by atoms with Crippen LogP contribution in [0, 0.1) is 11.6 Å². The van der Waals surface area contributed by atoms with Crippen LogP contribution < -0.4 is 4.74 Å². The second kappa shape index (κ2) is 8.81. The molecule has 3 aromatic carbocycles. The molecule has 0 spiro atoms. The number of methoxy groups -OCH3 is 1. The van der Waals surface area contributed by atoms with E-state index in [1.54, 1.807) is 12.1 Å². The van der Waals surface area contributed by atoms with E-state index in [1.807, 2.05) is 0 Å². The van der Waals surface area contributed by atoms with E-state index in [9.17, 15) is 27.1 Å². The largest absolute Gasteiger partial charge is 0.496 e. The van der Waals surface area contributed by atoms with Crippen molar-refractivity contribution in [3.05, 3.63) is 89.8 Å². The topological polar surface area (TPSA) is 47.3 Å². The van der Waals surface area contributed by atoms with Crippen LogP contribution in [0.5, 0.6) is 5.75 Å². The SMILES string of the molecule is COc1cc(-n2cc(C(C)(C)O)nc2-c2ccccc2C(F)(F)F)ccc1-c1cc(F)cc(F)c1. The lowest BCUT2D eigenvalue weighted by Gasteiger charge is -2.16. The molecule has 0 saturated heterocycles. The van der Waals surface area contributed by atoms with E-state index < -0.39 is 29.0 Å². The molecule has 1 heterocycles. The minimum absolute atomic E-state index is 0.0401. The van der Waals surface area contributed by atoms with Gasteiger partial charge in [-0.25, -0.2) is 13.8 Å². The van der Waals surface area contributed by atoms with Crippen molar-refractivity contribution in [3.63, 3.8) is 0 Å². The molecule has 1 N–H and O–H groups in total. The molecule has 9 heteroatoms. The minimum Gasteiger partial charge on any atom is -0.496 e. The lowest BCUT2D eigenvalue weighted by molar-refractivity contribution is -0.137. The average Bonchev–Trinajstić information content (AvgIpc) is 3.23. The van der Waals surface area contributed by atoms with Crippen LogP contribution in [-0.2, 0) is 11.8 Å². The summed E-state index contributed by atoms with van der Waals surface area (Å²) in [4.78, 5) is 4.33. The van der Waals surface area contributed by atoms with Crippen molar-refractivity contribution in [2.45, 2.75) is 25.6 Å². The summed E-state index contributed by atoms with van der Waals surface area (Å²) in [5.41, 5.74) is -1.35. The summed E-state index contributed by atoms with van der Waals surface area (Å²) < 4.78 is 75.7. The summed E-state index contributed by atoms with van der Waals surface area (Å²) in [6.45, 7) is 2.95. The monoisotopic (exact) mass is 488 g/mol. The number of hydrogen-bond acceptors (Lipinski definition) is 3. The summed E-state index contributed by atoms with van der Waals surface area (Å²) in [6.07, 6.45) is -3.19. The van der Waals surface area contributed by atoms with Crippen LogP contribution in [0.15, 0.2) is 66.9 Å². The molecule has 0 fully saturated rings. The van der Waals surface area contributed by atoms with Crippen molar-refractivity contribution < 1.29 is 31.8 Å². The molecule has 35 heavy (non-hydrogen) atoms. The van der Waals surface area contributed by atoms with Gasteiger partial charge in [-0.05, 0) is 49.7 Å². The van der Waals surface area contributed by atoms with Crippen LogP contribution in [0.3, 0.4) is 0 Å². The van der Waals surface area contributed by atoms with Crippen LogP contribution in [-0.4, -0.2) is 21.8 Å². The van der Waals surface area contributed by atoms with Gasteiger partial charge in [0.15, 0.2) is 0 Å². The second-order valence-corrected chi connectivity index (χ2v) is 8.46. The highest BCUT2D eigenvalue weighted by Gasteiger charge is 2.35. The van der Waals surface area contributed by atoms with E-state index in [2.05, 4.69) is 4.98 Å². The average molecular weight is 488 g/mol. The number of halogens is 5. The Hall–Kier alpha value is -3.72. The second-order valence-electron chi connectivity index (χ2n) is 8.46. The molecule has 0 aliphatic rings. The highest BCUT2D eigenvalue weighted by molar-refractivity contribution is 5.73. The Kier molecular flexibility index (Phi) is 6.14. The van der Waals surface area contributed by atoms with Gasteiger partial charge in [-0.15, -0.1) is 0 Å². The maximum Gasteiger partial charge on any atom is 0.417 e. The van der Waals surface area contributed by atoms with Gasteiger partial charge >= 0.3 is 6.18 Å². The van der Waals surface area contributed by atoms with E-state index in [0.717, 1.165) is 24.3 Å². The van der Waals surface area contributed by atoms with Crippen molar-refractivity contribution in [2.75, 3.05) is 7.11 Å². The standard InChI is InChI=1S/C26H21F5N2O2/c1-25(2,34)23-14-33(24(32-23)20-6-4-5-7-21(20)26(29,30)31)18-8-9-19(22(13-18)35-3)15-10-16(27)12-17(28)11-15/h4-14,34H,1-3H3. The maximum atomic E-state index is 13.8. The van der Waals surface area contributed by atoms with Crippen LogP contribution >= 0.6 is 0 Å². The van der Waals surface area contributed by atoms with E-state index in [1.165, 1.54) is 56.0 Å². The van der Waals surface area contributed by atoms with Gasteiger partial charge in [0, 0.05) is 29.5 Å². The molecule has 0 bridgehead atoms. The van der Waals surface area contributed by atoms with Gasteiger partial charge in [-0.3, -0.25) is 4.57 Å². The number of aliphatic hydroxyl groups is 1. The van der Waals surface area contributed by atoms with Crippen LogP contribution in [0.2, 0.25) is 0 Å². The molecule has 0 aliphatic heterocycles. The number of benzene rings is 3. The molecule has 182 valence electrons. The Morgan fingerprint density at radius 2 is 1.54 bits per heavy atom. The molecule has 0 radical (unpaired) electrons. The molecule has 0 amide bonds. The Morgan fingerprint density at radius 3 is 2.14 bits per heavy atom. The molecule has 4 nitrogen and oxygen atoms in total. The summed E-state index contributed by atoms with van der Waals surface area (Å²) in [7, 11) is 1.37. The third-order valence-corrected chi connectivity index (χ3v) is 5.44. The summed E-state index contributed by atoms with van der Waals surface area (Å²) in [5.74, 6) is -1.33. The number of rotatable bonds is 5. The van der Waals surface area contributed by atoms with Gasteiger partial charge < -0.3 is 9.84 Å². The predicted molar refractivity (Wildman–Crippen MR) is 121 cm³/mol. The number of hydrogen-bond donors (Lipinski definition) is 1. The number of ether oxygens (including phenoxy) is 1. The Labute approximate surface area is 198 Å². The number of aromatic nitrogens is 2. The fourth-order valence-corrected chi connectivity index (χ4v) is 3.76. The van der Waals surface area contributed by atoms with Crippen molar-refractivity contribution in [2.24, 2.45) is 0 Å². The number of nitrogens with zero attached hydrogens (tertiary/aromatic N) is 2.